The second kappa shape index (κ2) is 38.3. The zero-order valence-electron chi connectivity index (χ0n) is 30.8. The first kappa shape index (κ1) is 44.8. The quantitative estimate of drug-likeness (QED) is 0.0478. The van der Waals surface area contributed by atoms with Gasteiger partial charge in [0.2, 0.25) is 5.91 Å². The average Bonchev–Trinajstić information content (AvgIpc) is 3.07. The number of rotatable bonds is 34. The van der Waals surface area contributed by atoms with Crippen molar-refractivity contribution in [1.82, 2.24) is 5.32 Å². The number of unbranched alkanes of at least 4 members (excludes halogenated alkanes) is 17. The van der Waals surface area contributed by atoms with Crippen molar-refractivity contribution in [3.8, 4) is 0 Å². The minimum Gasteiger partial charge on any atom is -0.394 e. The molecular formula is C43H75NO3. The molecule has 4 heteroatoms. The molecule has 0 aliphatic rings. The van der Waals surface area contributed by atoms with Gasteiger partial charge in [-0.25, -0.2) is 0 Å². The molecule has 0 heterocycles. The maximum absolute atomic E-state index is 12.3. The van der Waals surface area contributed by atoms with Crippen LogP contribution in [0.4, 0.5) is 0 Å². The van der Waals surface area contributed by atoms with Crippen LogP contribution in [0.1, 0.15) is 174 Å². The fourth-order valence-electron chi connectivity index (χ4n) is 5.44. The molecule has 0 aromatic rings. The van der Waals surface area contributed by atoms with Crippen molar-refractivity contribution in [3.63, 3.8) is 0 Å². The molecule has 0 aliphatic heterocycles. The van der Waals surface area contributed by atoms with Crippen LogP contribution in [0.15, 0.2) is 72.9 Å². The van der Waals surface area contributed by atoms with Crippen molar-refractivity contribution in [2.75, 3.05) is 6.61 Å². The van der Waals surface area contributed by atoms with E-state index < -0.39 is 12.1 Å². The van der Waals surface area contributed by atoms with Gasteiger partial charge in [0.25, 0.3) is 0 Å². The number of allylic oxidation sites excluding steroid dienone is 11. The molecule has 270 valence electrons. The lowest BCUT2D eigenvalue weighted by atomic mass is 10.0. The maximum Gasteiger partial charge on any atom is 0.220 e. The largest absolute Gasteiger partial charge is 0.394 e. The summed E-state index contributed by atoms with van der Waals surface area (Å²) in [7, 11) is 0. The van der Waals surface area contributed by atoms with Gasteiger partial charge in [0.05, 0.1) is 18.8 Å². The third-order valence-corrected chi connectivity index (χ3v) is 8.45. The molecule has 0 aromatic carbocycles. The number of hydrogen-bond donors (Lipinski definition) is 3. The molecule has 47 heavy (non-hydrogen) atoms. The lowest BCUT2D eigenvalue weighted by Gasteiger charge is -2.19. The van der Waals surface area contributed by atoms with E-state index in [1.807, 2.05) is 6.08 Å². The van der Waals surface area contributed by atoms with Crippen LogP contribution in [0.2, 0.25) is 0 Å². The topological polar surface area (TPSA) is 69.6 Å². The molecule has 0 fully saturated rings. The number of aliphatic hydroxyl groups is 2. The molecule has 4 nitrogen and oxygen atoms in total. The number of aliphatic hydroxyl groups excluding tert-OH is 2. The molecule has 2 unspecified atom stereocenters. The highest BCUT2D eigenvalue weighted by atomic mass is 16.3. The molecule has 0 bridgehead atoms. The Kier molecular flexibility index (Phi) is 36.5. The van der Waals surface area contributed by atoms with Crippen molar-refractivity contribution in [3.05, 3.63) is 72.9 Å². The molecule has 0 aliphatic carbocycles. The summed E-state index contributed by atoms with van der Waals surface area (Å²) < 4.78 is 0. The van der Waals surface area contributed by atoms with E-state index in [0.29, 0.717) is 6.42 Å². The Morgan fingerprint density at radius 2 is 0.936 bits per heavy atom. The molecule has 1 amide bonds. The zero-order chi connectivity index (χ0) is 34.3. The van der Waals surface area contributed by atoms with Gasteiger partial charge in [-0.05, 0) is 64.2 Å². The van der Waals surface area contributed by atoms with Gasteiger partial charge in [0, 0.05) is 6.42 Å². The van der Waals surface area contributed by atoms with E-state index in [2.05, 4.69) is 79.9 Å². The third-order valence-electron chi connectivity index (χ3n) is 8.45. The van der Waals surface area contributed by atoms with Crippen LogP contribution in [0.5, 0.6) is 0 Å². The minimum atomic E-state index is -0.856. The second-order valence-electron chi connectivity index (χ2n) is 13.0. The Balaban J connectivity index is 3.72. The van der Waals surface area contributed by atoms with E-state index >= 15 is 0 Å². The van der Waals surface area contributed by atoms with Crippen LogP contribution < -0.4 is 5.32 Å². The van der Waals surface area contributed by atoms with Crippen molar-refractivity contribution in [2.45, 2.75) is 187 Å². The van der Waals surface area contributed by atoms with Gasteiger partial charge in [-0.2, -0.15) is 0 Å². The highest BCUT2D eigenvalue weighted by molar-refractivity contribution is 5.76. The lowest BCUT2D eigenvalue weighted by molar-refractivity contribution is -0.123. The van der Waals surface area contributed by atoms with E-state index in [1.165, 1.54) is 83.5 Å². The number of nitrogens with one attached hydrogen (secondary N) is 1. The highest BCUT2D eigenvalue weighted by Crippen LogP contribution is 2.14. The first-order valence-corrected chi connectivity index (χ1v) is 19.7. The standard InChI is InChI=1S/C43H75NO3/c1-3-5-7-9-11-13-15-17-19-21-22-23-25-27-29-31-33-35-37-39-43(47)44-41(40-45)42(46)38-36-34-32-30-28-26-24-20-18-16-14-12-10-8-6-4-2/h5,7,11,13,17,19,22-23,27,29,36,38,41-42,45-46H,3-4,6,8-10,12,14-16,18,20-21,24-26,28,30-35,37,39-40H2,1-2H3,(H,44,47)/b7-5-,13-11-,19-17-,23-22-,29-27-,38-36+. The van der Waals surface area contributed by atoms with Gasteiger partial charge in [0.1, 0.15) is 0 Å². The van der Waals surface area contributed by atoms with E-state index in [0.717, 1.165) is 70.6 Å². The number of hydrogen-bond acceptors (Lipinski definition) is 3. The van der Waals surface area contributed by atoms with Gasteiger partial charge in [-0.15, -0.1) is 0 Å². The summed E-state index contributed by atoms with van der Waals surface area (Å²) in [6.45, 7) is 4.17. The second-order valence-corrected chi connectivity index (χ2v) is 13.0. The normalized spacial score (nSPS) is 13.9. The summed E-state index contributed by atoms with van der Waals surface area (Å²) in [4.78, 5) is 12.3. The molecule has 2 atom stereocenters. The van der Waals surface area contributed by atoms with Crippen LogP contribution >= 0.6 is 0 Å². The summed E-state index contributed by atoms with van der Waals surface area (Å²) in [5, 5.41) is 22.9. The van der Waals surface area contributed by atoms with Crippen LogP contribution in [0.3, 0.4) is 0 Å². The fraction of sp³-hybridized carbons (Fsp3) is 0.698. The molecule has 3 N–H and O–H groups in total. The average molecular weight is 654 g/mol. The van der Waals surface area contributed by atoms with Crippen molar-refractivity contribution in [1.29, 1.82) is 0 Å². The van der Waals surface area contributed by atoms with Crippen LogP contribution in [0, 0.1) is 0 Å². The Bertz CT molecular complexity index is 838. The first-order chi connectivity index (χ1) is 23.2. The van der Waals surface area contributed by atoms with Crippen LogP contribution in [0.25, 0.3) is 0 Å². The molecule has 0 rings (SSSR count). The van der Waals surface area contributed by atoms with Crippen LogP contribution in [-0.2, 0) is 4.79 Å². The Morgan fingerprint density at radius 1 is 0.532 bits per heavy atom. The summed E-state index contributed by atoms with van der Waals surface area (Å²) in [6, 6.07) is -0.642. The SMILES string of the molecule is CC/C=C\C/C=C\C/C=C\C/C=C\C/C=C\CCCCCC(=O)NC(CO)C(O)/C=C/CCCCCCCCCCCCCCCC. The summed E-state index contributed by atoms with van der Waals surface area (Å²) in [6.07, 6.45) is 54.2. The van der Waals surface area contributed by atoms with Crippen LogP contribution in [-0.4, -0.2) is 34.9 Å². The van der Waals surface area contributed by atoms with E-state index in [9.17, 15) is 15.0 Å². The highest BCUT2D eigenvalue weighted by Gasteiger charge is 2.17. The number of carbonyl (C=O) groups is 1. The zero-order valence-corrected chi connectivity index (χ0v) is 30.8. The summed E-state index contributed by atoms with van der Waals surface area (Å²) in [5.74, 6) is -0.0987. The van der Waals surface area contributed by atoms with Gasteiger partial charge >= 0.3 is 0 Å². The van der Waals surface area contributed by atoms with Crippen molar-refractivity contribution >= 4 is 5.91 Å². The predicted octanol–water partition coefficient (Wildman–Crippen LogP) is 12.0. The van der Waals surface area contributed by atoms with Crippen molar-refractivity contribution < 1.29 is 15.0 Å². The molecular weight excluding hydrogens is 578 g/mol. The minimum absolute atomic E-state index is 0.0987. The Morgan fingerprint density at radius 3 is 1.40 bits per heavy atom. The molecule has 0 spiro atoms. The predicted molar refractivity (Wildman–Crippen MR) is 207 cm³/mol. The molecule has 0 saturated heterocycles. The van der Waals surface area contributed by atoms with E-state index in [4.69, 9.17) is 0 Å². The van der Waals surface area contributed by atoms with Gasteiger partial charge in [0.15, 0.2) is 0 Å². The monoisotopic (exact) mass is 654 g/mol. The molecule has 0 radical (unpaired) electrons. The van der Waals surface area contributed by atoms with E-state index in [1.54, 1.807) is 6.08 Å². The van der Waals surface area contributed by atoms with E-state index in [-0.39, 0.29) is 12.5 Å². The Labute approximate surface area is 291 Å². The third kappa shape index (κ3) is 35.0. The summed E-state index contributed by atoms with van der Waals surface area (Å²) in [5.41, 5.74) is 0. The maximum atomic E-state index is 12.3. The molecule has 0 aromatic heterocycles. The number of carbonyl (C=O) groups excluding carboxylic acids is 1. The smallest absolute Gasteiger partial charge is 0.220 e. The first-order valence-electron chi connectivity index (χ1n) is 19.7. The van der Waals surface area contributed by atoms with Gasteiger partial charge in [-0.1, -0.05) is 177 Å². The van der Waals surface area contributed by atoms with Gasteiger partial charge < -0.3 is 15.5 Å². The fourth-order valence-corrected chi connectivity index (χ4v) is 5.44. The van der Waals surface area contributed by atoms with Crippen molar-refractivity contribution in [2.24, 2.45) is 0 Å². The lowest BCUT2D eigenvalue weighted by Crippen LogP contribution is -2.45. The van der Waals surface area contributed by atoms with Gasteiger partial charge in [-0.3, -0.25) is 4.79 Å². The summed E-state index contributed by atoms with van der Waals surface area (Å²) >= 11 is 0. The molecule has 0 saturated carbocycles. The number of amides is 1. The Hall–Kier alpha value is -2.17.